The molecule has 1 saturated heterocycles. The predicted molar refractivity (Wildman–Crippen MR) is 130 cm³/mol. The van der Waals surface area contributed by atoms with Crippen molar-refractivity contribution in [3.63, 3.8) is 0 Å². The lowest BCUT2D eigenvalue weighted by molar-refractivity contribution is -0.140. The number of hydrogen-bond donors (Lipinski definition) is 1. The molecule has 3 rings (SSSR count). The molecule has 1 N–H and O–H groups in total. The number of likely N-dealkylation sites (N-methyl/N-ethyl adjacent to an activating group) is 1. The highest BCUT2D eigenvalue weighted by Crippen LogP contribution is 2.43. The minimum Gasteiger partial charge on any atom is -0.507 e. The molecular formula is C25H29ClN2O6. The number of aliphatic hydroxyl groups excluding tert-OH is 1. The van der Waals surface area contributed by atoms with Crippen molar-refractivity contribution in [2.75, 3.05) is 48.0 Å². The van der Waals surface area contributed by atoms with Crippen LogP contribution in [0.3, 0.4) is 0 Å². The van der Waals surface area contributed by atoms with Crippen LogP contribution in [0.25, 0.3) is 5.76 Å². The van der Waals surface area contributed by atoms with Gasteiger partial charge in [-0.3, -0.25) is 9.59 Å². The summed E-state index contributed by atoms with van der Waals surface area (Å²) in [6.07, 6.45) is 0. The minimum atomic E-state index is -0.791. The summed E-state index contributed by atoms with van der Waals surface area (Å²) in [5.74, 6) is -0.552. The molecule has 9 heteroatoms. The fourth-order valence-electron chi connectivity index (χ4n) is 3.87. The van der Waals surface area contributed by atoms with E-state index in [1.807, 2.05) is 25.9 Å². The molecule has 182 valence electrons. The second kappa shape index (κ2) is 10.8. The molecule has 1 heterocycles. The van der Waals surface area contributed by atoms with E-state index in [0.717, 1.165) is 0 Å². The molecule has 2 aromatic carbocycles. The van der Waals surface area contributed by atoms with Crippen molar-refractivity contribution < 1.29 is 28.9 Å². The summed E-state index contributed by atoms with van der Waals surface area (Å²) in [7, 11) is 6.65. The number of ether oxygens (including phenoxy) is 3. The number of halogens is 1. The van der Waals surface area contributed by atoms with Crippen molar-refractivity contribution in [3.05, 3.63) is 58.1 Å². The van der Waals surface area contributed by atoms with Gasteiger partial charge in [0.2, 0.25) is 0 Å². The third kappa shape index (κ3) is 4.98. The van der Waals surface area contributed by atoms with Crippen LogP contribution < -0.4 is 14.2 Å². The van der Waals surface area contributed by atoms with Crippen LogP contribution in [0, 0.1) is 0 Å². The molecule has 1 aliphatic rings. The van der Waals surface area contributed by atoms with Crippen LogP contribution in [0.2, 0.25) is 5.02 Å². The second-order valence-corrected chi connectivity index (χ2v) is 8.39. The van der Waals surface area contributed by atoms with Crippen molar-refractivity contribution in [2.24, 2.45) is 0 Å². The smallest absolute Gasteiger partial charge is 0.295 e. The van der Waals surface area contributed by atoms with Crippen molar-refractivity contribution in [1.29, 1.82) is 0 Å². The van der Waals surface area contributed by atoms with Gasteiger partial charge in [-0.05, 0) is 44.8 Å². The number of amides is 1. The molecule has 0 aromatic heterocycles. The van der Waals surface area contributed by atoms with Gasteiger partial charge in [0.15, 0.2) is 0 Å². The van der Waals surface area contributed by atoms with Gasteiger partial charge in [0.05, 0.1) is 43.0 Å². The fourth-order valence-corrected chi connectivity index (χ4v) is 4.11. The number of rotatable bonds is 9. The Labute approximate surface area is 204 Å². The largest absolute Gasteiger partial charge is 0.507 e. The SMILES string of the molecule is CCOc1ccc(C2/C(=C(\O)c3cc(Cl)c(OC)cc3OC)C(=O)C(=O)N2CCN(C)C)cc1. The van der Waals surface area contributed by atoms with Crippen LogP contribution >= 0.6 is 11.6 Å². The Kier molecular flexibility index (Phi) is 8.06. The number of nitrogens with zero attached hydrogens (tertiary/aromatic N) is 2. The molecule has 0 aliphatic carbocycles. The predicted octanol–water partition coefficient (Wildman–Crippen LogP) is 3.74. The lowest BCUT2D eigenvalue weighted by Crippen LogP contribution is -2.35. The van der Waals surface area contributed by atoms with Crippen LogP contribution in [-0.2, 0) is 9.59 Å². The van der Waals surface area contributed by atoms with Crippen LogP contribution in [0.15, 0.2) is 42.0 Å². The summed E-state index contributed by atoms with van der Waals surface area (Å²) in [6, 6.07) is 9.31. The molecule has 2 aromatic rings. The van der Waals surface area contributed by atoms with E-state index in [1.54, 1.807) is 24.3 Å². The number of hydrogen-bond acceptors (Lipinski definition) is 7. The quantitative estimate of drug-likeness (QED) is 0.327. The molecule has 1 atom stereocenters. The molecule has 0 bridgehead atoms. The highest BCUT2D eigenvalue weighted by molar-refractivity contribution is 6.46. The number of benzene rings is 2. The molecule has 8 nitrogen and oxygen atoms in total. The molecule has 1 amide bonds. The van der Waals surface area contributed by atoms with E-state index in [9.17, 15) is 14.7 Å². The highest BCUT2D eigenvalue weighted by Gasteiger charge is 2.46. The monoisotopic (exact) mass is 488 g/mol. The maximum Gasteiger partial charge on any atom is 0.295 e. The molecule has 1 fully saturated rings. The van der Waals surface area contributed by atoms with Crippen LogP contribution in [0.1, 0.15) is 24.1 Å². The van der Waals surface area contributed by atoms with Gasteiger partial charge in [-0.15, -0.1) is 0 Å². The van der Waals surface area contributed by atoms with E-state index in [-0.39, 0.29) is 27.7 Å². The second-order valence-electron chi connectivity index (χ2n) is 7.98. The maximum absolute atomic E-state index is 13.2. The molecule has 1 unspecified atom stereocenters. The lowest BCUT2D eigenvalue weighted by Gasteiger charge is -2.27. The number of methoxy groups -OCH3 is 2. The van der Waals surface area contributed by atoms with E-state index in [2.05, 4.69) is 0 Å². The number of Topliss-reactive ketones (excluding diaryl/α,β-unsaturated/α-hetero) is 1. The van der Waals surface area contributed by atoms with Crippen molar-refractivity contribution in [1.82, 2.24) is 9.80 Å². The number of aliphatic hydroxyl groups is 1. The van der Waals surface area contributed by atoms with Gasteiger partial charge >= 0.3 is 0 Å². The summed E-state index contributed by atoms with van der Waals surface area (Å²) in [6.45, 7) is 3.24. The van der Waals surface area contributed by atoms with E-state index < -0.39 is 17.7 Å². The first-order valence-corrected chi connectivity index (χ1v) is 11.2. The average molecular weight is 489 g/mol. The number of carbonyl (C=O) groups is 2. The molecular weight excluding hydrogens is 460 g/mol. The maximum atomic E-state index is 13.2. The van der Waals surface area contributed by atoms with E-state index in [0.29, 0.717) is 36.8 Å². The van der Waals surface area contributed by atoms with Crippen molar-refractivity contribution in [2.45, 2.75) is 13.0 Å². The first-order valence-electron chi connectivity index (χ1n) is 10.8. The van der Waals surface area contributed by atoms with Gasteiger partial charge < -0.3 is 29.1 Å². The topological polar surface area (TPSA) is 88.5 Å². The Morgan fingerprint density at radius 2 is 1.74 bits per heavy atom. The third-order valence-corrected chi connectivity index (χ3v) is 5.86. The van der Waals surface area contributed by atoms with Crippen molar-refractivity contribution >= 4 is 29.1 Å². The Morgan fingerprint density at radius 3 is 2.29 bits per heavy atom. The zero-order valence-electron chi connectivity index (χ0n) is 19.9. The Morgan fingerprint density at radius 1 is 1.09 bits per heavy atom. The normalized spacial score (nSPS) is 17.4. The van der Waals surface area contributed by atoms with E-state index >= 15 is 0 Å². The van der Waals surface area contributed by atoms with Crippen LogP contribution in [0.5, 0.6) is 17.2 Å². The molecule has 0 saturated carbocycles. The Hall–Kier alpha value is -3.23. The Balaban J connectivity index is 2.19. The molecule has 34 heavy (non-hydrogen) atoms. The molecule has 0 spiro atoms. The summed E-state index contributed by atoms with van der Waals surface area (Å²) in [4.78, 5) is 29.6. The molecule has 0 radical (unpaired) electrons. The summed E-state index contributed by atoms with van der Waals surface area (Å²) in [5.41, 5.74) is 0.823. The first kappa shape index (κ1) is 25.4. The minimum absolute atomic E-state index is 0.0348. The van der Waals surface area contributed by atoms with E-state index in [4.69, 9.17) is 25.8 Å². The average Bonchev–Trinajstić information content (AvgIpc) is 3.07. The van der Waals surface area contributed by atoms with E-state index in [1.165, 1.54) is 31.3 Å². The van der Waals surface area contributed by atoms with Gasteiger partial charge in [0.25, 0.3) is 11.7 Å². The highest BCUT2D eigenvalue weighted by atomic mass is 35.5. The number of carbonyl (C=O) groups excluding carboxylic acids is 2. The standard InChI is InChI=1S/C25H29ClN2O6/c1-6-34-16-9-7-15(8-10-16)22-21(24(30)25(31)28(22)12-11-27(2)3)23(29)17-13-18(26)20(33-5)14-19(17)32-4/h7-10,13-14,22,29H,6,11-12H2,1-5H3/b23-21+. The fraction of sp³-hybridized carbons (Fsp3) is 0.360. The lowest BCUT2D eigenvalue weighted by atomic mass is 9.95. The number of ketones is 1. The number of likely N-dealkylation sites (tertiary alicyclic amines) is 1. The van der Waals surface area contributed by atoms with Crippen LogP contribution in [0.4, 0.5) is 0 Å². The van der Waals surface area contributed by atoms with Gasteiger partial charge in [-0.2, -0.15) is 0 Å². The Bertz CT molecular complexity index is 1100. The van der Waals surface area contributed by atoms with Gasteiger partial charge in [0.1, 0.15) is 23.0 Å². The zero-order valence-corrected chi connectivity index (χ0v) is 20.7. The summed E-state index contributed by atoms with van der Waals surface area (Å²) < 4.78 is 16.2. The van der Waals surface area contributed by atoms with Gasteiger partial charge in [-0.25, -0.2) is 0 Å². The third-order valence-electron chi connectivity index (χ3n) is 5.56. The zero-order chi connectivity index (χ0) is 25.0. The van der Waals surface area contributed by atoms with Crippen LogP contribution in [-0.4, -0.2) is 74.6 Å². The van der Waals surface area contributed by atoms with Gasteiger partial charge in [0, 0.05) is 19.2 Å². The van der Waals surface area contributed by atoms with Crippen molar-refractivity contribution in [3.8, 4) is 17.2 Å². The summed E-state index contributed by atoms with van der Waals surface area (Å²) >= 11 is 6.29. The first-order chi connectivity index (χ1) is 16.2. The summed E-state index contributed by atoms with van der Waals surface area (Å²) in [5, 5.41) is 11.6. The van der Waals surface area contributed by atoms with Gasteiger partial charge in [-0.1, -0.05) is 23.7 Å². The molecule has 1 aliphatic heterocycles.